The maximum Gasteiger partial charge on any atom is 0.223 e. The molecule has 0 bridgehead atoms. The molecular formula is C14H25NO3S. The zero-order valence-corrected chi connectivity index (χ0v) is 12.6. The fraction of sp³-hybridized carbons (Fsp3) is 0.929. The van der Waals surface area contributed by atoms with E-state index < -0.39 is 9.84 Å². The standard InChI is InChI=1S/C14H25NO3S/c1-2-13-7-3-4-8-15(13)14(16)10-12-6-5-9-19(17,18)11-12/h12-13H,2-11H2,1H3. The monoisotopic (exact) mass is 287 g/mol. The summed E-state index contributed by atoms with van der Waals surface area (Å²) in [4.78, 5) is 14.4. The summed E-state index contributed by atoms with van der Waals surface area (Å²) in [6.07, 6.45) is 6.44. The Labute approximate surface area is 116 Å². The van der Waals surface area contributed by atoms with Crippen LogP contribution in [-0.4, -0.2) is 43.3 Å². The zero-order chi connectivity index (χ0) is 13.9. The molecule has 0 radical (unpaired) electrons. The molecule has 2 atom stereocenters. The molecule has 5 heteroatoms. The van der Waals surface area contributed by atoms with E-state index in [1.165, 1.54) is 6.42 Å². The Morgan fingerprint density at radius 1 is 1.21 bits per heavy atom. The molecule has 2 unspecified atom stereocenters. The fourth-order valence-electron chi connectivity index (χ4n) is 3.40. The zero-order valence-electron chi connectivity index (χ0n) is 11.8. The predicted molar refractivity (Wildman–Crippen MR) is 75.6 cm³/mol. The molecule has 0 aromatic rings. The van der Waals surface area contributed by atoms with Gasteiger partial charge in [0, 0.05) is 19.0 Å². The molecule has 4 nitrogen and oxygen atoms in total. The Morgan fingerprint density at radius 2 is 2.00 bits per heavy atom. The van der Waals surface area contributed by atoms with Gasteiger partial charge in [-0.1, -0.05) is 6.92 Å². The summed E-state index contributed by atoms with van der Waals surface area (Å²) in [7, 11) is -2.90. The van der Waals surface area contributed by atoms with Gasteiger partial charge in [0.05, 0.1) is 11.5 Å². The number of nitrogens with zero attached hydrogens (tertiary/aromatic N) is 1. The third kappa shape index (κ3) is 3.94. The van der Waals surface area contributed by atoms with Crippen LogP contribution in [0.15, 0.2) is 0 Å². The minimum absolute atomic E-state index is 0.0469. The second-order valence-electron chi connectivity index (χ2n) is 5.97. The summed E-state index contributed by atoms with van der Waals surface area (Å²) in [6, 6.07) is 0.376. The van der Waals surface area contributed by atoms with Crippen molar-refractivity contribution in [2.24, 2.45) is 5.92 Å². The highest BCUT2D eigenvalue weighted by atomic mass is 32.2. The molecule has 0 saturated carbocycles. The number of hydrogen-bond acceptors (Lipinski definition) is 3. The molecule has 2 rings (SSSR count). The van der Waals surface area contributed by atoms with Crippen LogP contribution in [0.2, 0.25) is 0 Å². The summed E-state index contributed by atoms with van der Waals surface area (Å²) in [5.74, 6) is 0.738. The average Bonchev–Trinajstić information content (AvgIpc) is 2.37. The van der Waals surface area contributed by atoms with Crippen LogP contribution in [-0.2, 0) is 14.6 Å². The van der Waals surface area contributed by atoms with Crippen LogP contribution in [0.25, 0.3) is 0 Å². The largest absolute Gasteiger partial charge is 0.340 e. The SMILES string of the molecule is CCC1CCCCN1C(=O)CC1CCCS(=O)(=O)C1. The topological polar surface area (TPSA) is 54.5 Å². The van der Waals surface area contributed by atoms with Crippen molar-refractivity contribution in [1.82, 2.24) is 4.90 Å². The Hall–Kier alpha value is -0.580. The first-order chi connectivity index (χ1) is 9.02. The lowest BCUT2D eigenvalue weighted by atomic mass is 9.96. The molecule has 2 aliphatic heterocycles. The number of carbonyl (C=O) groups is 1. The minimum Gasteiger partial charge on any atom is -0.340 e. The van der Waals surface area contributed by atoms with Crippen molar-refractivity contribution >= 4 is 15.7 Å². The highest BCUT2D eigenvalue weighted by Gasteiger charge is 2.30. The van der Waals surface area contributed by atoms with Gasteiger partial charge in [0.1, 0.15) is 0 Å². The molecule has 0 spiro atoms. The van der Waals surface area contributed by atoms with E-state index in [1.54, 1.807) is 0 Å². The van der Waals surface area contributed by atoms with E-state index in [4.69, 9.17) is 0 Å². The summed E-state index contributed by atoms with van der Waals surface area (Å²) >= 11 is 0. The van der Waals surface area contributed by atoms with Crippen LogP contribution < -0.4 is 0 Å². The normalized spacial score (nSPS) is 31.1. The number of piperidine rings is 1. The third-order valence-electron chi connectivity index (χ3n) is 4.44. The predicted octanol–water partition coefficient (Wildman–Crippen LogP) is 1.99. The lowest BCUT2D eigenvalue weighted by Gasteiger charge is -2.36. The van der Waals surface area contributed by atoms with Gasteiger partial charge in [-0.2, -0.15) is 0 Å². The molecule has 19 heavy (non-hydrogen) atoms. The summed E-state index contributed by atoms with van der Waals surface area (Å²) in [5.41, 5.74) is 0. The van der Waals surface area contributed by atoms with Gasteiger partial charge in [-0.15, -0.1) is 0 Å². The van der Waals surface area contributed by atoms with E-state index >= 15 is 0 Å². The Kier molecular flexibility index (Phi) is 4.87. The second kappa shape index (κ2) is 6.25. The minimum atomic E-state index is -2.90. The molecule has 0 aromatic carbocycles. The van der Waals surface area contributed by atoms with Gasteiger partial charge >= 0.3 is 0 Å². The number of likely N-dealkylation sites (tertiary alicyclic amines) is 1. The Morgan fingerprint density at radius 3 is 2.68 bits per heavy atom. The molecule has 0 N–H and O–H groups in total. The Balaban J connectivity index is 1.92. The third-order valence-corrected chi connectivity index (χ3v) is 6.33. The summed E-state index contributed by atoms with van der Waals surface area (Å²) < 4.78 is 23.2. The van der Waals surface area contributed by atoms with Crippen molar-refractivity contribution in [3.05, 3.63) is 0 Å². The number of sulfone groups is 1. The molecular weight excluding hydrogens is 262 g/mol. The fourth-order valence-corrected chi connectivity index (χ4v) is 5.17. The van der Waals surface area contributed by atoms with Crippen LogP contribution in [0.5, 0.6) is 0 Å². The van der Waals surface area contributed by atoms with Crippen LogP contribution in [0, 0.1) is 5.92 Å². The molecule has 0 aromatic heterocycles. The van der Waals surface area contributed by atoms with Crippen molar-refractivity contribution in [2.45, 2.75) is 57.9 Å². The van der Waals surface area contributed by atoms with Crippen LogP contribution in [0.4, 0.5) is 0 Å². The van der Waals surface area contributed by atoms with E-state index in [0.29, 0.717) is 18.2 Å². The lowest BCUT2D eigenvalue weighted by molar-refractivity contribution is -0.135. The maximum absolute atomic E-state index is 12.4. The molecule has 1 amide bonds. The Bertz CT molecular complexity index is 418. The van der Waals surface area contributed by atoms with Crippen LogP contribution in [0.3, 0.4) is 0 Å². The molecule has 2 fully saturated rings. The molecule has 0 aliphatic carbocycles. The van der Waals surface area contributed by atoms with E-state index in [2.05, 4.69) is 6.92 Å². The first-order valence-electron chi connectivity index (χ1n) is 7.51. The number of amides is 1. The van der Waals surface area contributed by atoms with Gasteiger partial charge in [0.15, 0.2) is 9.84 Å². The summed E-state index contributed by atoms with van der Waals surface area (Å²) in [6.45, 7) is 2.98. The van der Waals surface area contributed by atoms with Gasteiger partial charge in [0.25, 0.3) is 0 Å². The average molecular weight is 287 g/mol. The number of rotatable bonds is 3. The van der Waals surface area contributed by atoms with E-state index in [0.717, 1.165) is 38.6 Å². The smallest absolute Gasteiger partial charge is 0.223 e. The van der Waals surface area contributed by atoms with Crippen LogP contribution in [0.1, 0.15) is 51.9 Å². The van der Waals surface area contributed by atoms with Crippen molar-refractivity contribution < 1.29 is 13.2 Å². The van der Waals surface area contributed by atoms with Crippen molar-refractivity contribution in [3.63, 3.8) is 0 Å². The number of carbonyl (C=O) groups excluding carboxylic acids is 1. The molecule has 2 saturated heterocycles. The van der Waals surface area contributed by atoms with Crippen molar-refractivity contribution in [1.29, 1.82) is 0 Å². The maximum atomic E-state index is 12.4. The van der Waals surface area contributed by atoms with E-state index in [1.807, 2.05) is 4.90 Å². The molecule has 2 heterocycles. The van der Waals surface area contributed by atoms with Crippen molar-refractivity contribution in [3.8, 4) is 0 Å². The molecule has 2 aliphatic rings. The lowest BCUT2D eigenvalue weighted by Crippen LogP contribution is -2.44. The van der Waals surface area contributed by atoms with Gasteiger partial charge in [-0.3, -0.25) is 4.79 Å². The quantitative estimate of drug-likeness (QED) is 0.797. The van der Waals surface area contributed by atoms with Gasteiger partial charge in [0.2, 0.25) is 5.91 Å². The van der Waals surface area contributed by atoms with E-state index in [9.17, 15) is 13.2 Å². The van der Waals surface area contributed by atoms with Crippen molar-refractivity contribution in [2.75, 3.05) is 18.1 Å². The second-order valence-corrected chi connectivity index (χ2v) is 8.20. The van der Waals surface area contributed by atoms with Gasteiger partial charge < -0.3 is 4.90 Å². The highest BCUT2D eigenvalue weighted by molar-refractivity contribution is 7.91. The summed E-state index contributed by atoms with van der Waals surface area (Å²) in [5, 5.41) is 0. The number of hydrogen-bond donors (Lipinski definition) is 0. The first kappa shape index (κ1) is 14.8. The van der Waals surface area contributed by atoms with E-state index in [-0.39, 0.29) is 17.6 Å². The highest BCUT2D eigenvalue weighted by Crippen LogP contribution is 2.25. The molecule has 110 valence electrons. The van der Waals surface area contributed by atoms with Gasteiger partial charge in [-0.25, -0.2) is 8.42 Å². The first-order valence-corrected chi connectivity index (χ1v) is 9.34. The van der Waals surface area contributed by atoms with Crippen LogP contribution >= 0.6 is 0 Å². The van der Waals surface area contributed by atoms with Gasteiger partial charge in [-0.05, 0) is 44.4 Å².